The lowest BCUT2D eigenvalue weighted by Gasteiger charge is -2.06. The SMILES string of the molecule is Fc1cc(-c2nncn2-c2ccccc2)ccc1Cl. The van der Waals surface area contributed by atoms with Crippen molar-refractivity contribution < 1.29 is 4.39 Å². The van der Waals surface area contributed by atoms with Gasteiger partial charge in [-0.3, -0.25) is 4.57 Å². The van der Waals surface area contributed by atoms with Crippen LogP contribution in [0, 0.1) is 5.82 Å². The highest BCUT2D eigenvalue weighted by molar-refractivity contribution is 6.30. The van der Waals surface area contributed by atoms with Crippen molar-refractivity contribution in [3.63, 3.8) is 0 Å². The van der Waals surface area contributed by atoms with E-state index in [0.29, 0.717) is 11.4 Å². The summed E-state index contributed by atoms with van der Waals surface area (Å²) in [5, 5.41) is 8.01. The Labute approximate surface area is 114 Å². The first-order valence-electron chi connectivity index (χ1n) is 5.66. The fourth-order valence-corrected chi connectivity index (χ4v) is 1.96. The van der Waals surface area contributed by atoms with Gasteiger partial charge >= 0.3 is 0 Å². The molecule has 0 bridgehead atoms. The zero-order chi connectivity index (χ0) is 13.2. The molecular formula is C14H9ClFN3. The van der Waals surface area contributed by atoms with Crippen molar-refractivity contribution in [3.05, 3.63) is 65.7 Å². The molecule has 1 aromatic heterocycles. The third kappa shape index (κ3) is 2.22. The molecule has 94 valence electrons. The summed E-state index contributed by atoms with van der Waals surface area (Å²) in [4.78, 5) is 0. The molecule has 0 saturated heterocycles. The lowest BCUT2D eigenvalue weighted by molar-refractivity contribution is 0.628. The molecule has 2 aromatic carbocycles. The van der Waals surface area contributed by atoms with Crippen LogP contribution in [0.15, 0.2) is 54.9 Å². The molecular weight excluding hydrogens is 265 g/mol. The third-order valence-corrected chi connectivity index (χ3v) is 3.07. The van der Waals surface area contributed by atoms with E-state index in [2.05, 4.69) is 10.2 Å². The van der Waals surface area contributed by atoms with Crippen molar-refractivity contribution in [3.8, 4) is 17.1 Å². The Balaban J connectivity index is 2.12. The molecule has 0 N–H and O–H groups in total. The van der Waals surface area contributed by atoms with Crippen LogP contribution >= 0.6 is 11.6 Å². The van der Waals surface area contributed by atoms with E-state index in [1.54, 1.807) is 17.0 Å². The number of benzene rings is 2. The molecule has 3 rings (SSSR count). The summed E-state index contributed by atoms with van der Waals surface area (Å²) in [6, 6.07) is 14.2. The lowest BCUT2D eigenvalue weighted by Crippen LogP contribution is -1.96. The maximum absolute atomic E-state index is 13.5. The van der Waals surface area contributed by atoms with Gasteiger partial charge in [0.05, 0.1) is 5.02 Å². The Morgan fingerprint density at radius 2 is 1.84 bits per heavy atom. The van der Waals surface area contributed by atoms with Crippen LogP contribution < -0.4 is 0 Å². The molecule has 0 unspecified atom stereocenters. The third-order valence-electron chi connectivity index (χ3n) is 2.76. The van der Waals surface area contributed by atoms with E-state index < -0.39 is 5.82 Å². The maximum atomic E-state index is 13.5. The number of hydrogen-bond acceptors (Lipinski definition) is 2. The van der Waals surface area contributed by atoms with Crippen LogP contribution in [0.4, 0.5) is 4.39 Å². The molecule has 0 fully saturated rings. The summed E-state index contributed by atoms with van der Waals surface area (Å²) in [5.41, 5.74) is 1.54. The quantitative estimate of drug-likeness (QED) is 0.712. The first-order valence-corrected chi connectivity index (χ1v) is 6.04. The number of rotatable bonds is 2. The average Bonchev–Trinajstić information content (AvgIpc) is 2.92. The minimum absolute atomic E-state index is 0.0922. The molecule has 3 aromatic rings. The highest BCUT2D eigenvalue weighted by atomic mass is 35.5. The number of hydrogen-bond donors (Lipinski definition) is 0. The molecule has 19 heavy (non-hydrogen) atoms. The van der Waals surface area contributed by atoms with Crippen LogP contribution in [0.3, 0.4) is 0 Å². The fourth-order valence-electron chi connectivity index (χ4n) is 1.84. The minimum atomic E-state index is -0.471. The summed E-state index contributed by atoms with van der Waals surface area (Å²) in [7, 11) is 0. The van der Waals surface area contributed by atoms with Gasteiger partial charge in [0, 0.05) is 11.3 Å². The smallest absolute Gasteiger partial charge is 0.168 e. The van der Waals surface area contributed by atoms with Crippen molar-refractivity contribution in [1.82, 2.24) is 14.8 Å². The summed E-state index contributed by atoms with van der Waals surface area (Å²) < 4.78 is 15.3. The van der Waals surface area contributed by atoms with Gasteiger partial charge in [-0.25, -0.2) is 4.39 Å². The zero-order valence-corrected chi connectivity index (χ0v) is 10.5. The van der Waals surface area contributed by atoms with Gasteiger partial charge in [-0.2, -0.15) is 0 Å². The van der Waals surface area contributed by atoms with E-state index in [-0.39, 0.29) is 5.02 Å². The number of nitrogens with zero attached hydrogens (tertiary/aromatic N) is 3. The Morgan fingerprint density at radius 1 is 1.05 bits per heavy atom. The zero-order valence-electron chi connectivity index (χ0n) is 9.79. The Bertz CT molecular complexity index is 710. The molecule has 0 aliphatic carbocycles. The van der Waals surface area contributed by atoms with E-state index in [1.807, 2.05) is 30.3 Å². The molecule has 0 saturated carbocycles. The van der Waals surface area contributed by atoms with E-state index in [1.165, 1.54) is 12.1 Å². The van der Waals surface area contributed by atoms with Crippen molar-refractivity contribution in [2.45, 2.75) is 0 Å². The second kappa shape index (κ2) is 4.82. The Hall–Kier alpha value is -2.20. The standard InChI is InChI=1S/C14H9ClFN3/c15-12-7-6-10(8-13(12)16)14-18-17-9-19(14)11-4-2-1-3-5-11/h1-9H. The molecule has 0 aliphatic rings. The lowest BCUT2D eigenvalue weighted by atomic mass is 10.2. The van der Waals surface area contributed by atoms with E-state index in [0.717, 1.165) is 5.69 Å². The van der Waals surface area contributed by atoms with Crippen LogP contribution in [0.25, 0.3) is 17.1 Å². The summed E-state index contributed by atoms with van der Waals surface area (Å²) >= 11 is 5.68. The van der Waals surface area contributed by atoms with Crippen molar-refractivity contribution in [1.29, 1.82) is 0 Å². The van der Waals surface area contributed by atoms with Crippen LogP contribution in [-0.4, -0.2) is 14.8 Å². The minimum Gasteiger partial charge on any atom is -0.282 e. The van der Waals surface area contributed by atoms with Gasteiger partial charge < -0.3 is 0 Å². The van der Waals surface area contributed by atoms with Crippen LogP contribution in [0.5, 0.6) is 0 Å². The number of halogens is 2. The summed E-state index contributed by atoms with van der Waals surface area (Å²) in [6.07, 6.45) is 1.59. The van der Waals surface area contributed by atoms with Crippen molar-refractivity contribution in [2.24, 2.45) is 0 Å². The summed E-state index contributed by atoms with van der Waals surface area (Å²) in [6.45, 7) is 0. The van der Waals surface area contributed by atoms with Crippen molar-refractivity contribution in [2.75, 3.05) is 0 Å². The Morgan fingerprint density at radius 3 is 2.58 bits per heavy atom. The predicted octanol–water partition coefficient (Wildman–Crippen LogP) is 3.73. The van der Waals surface area contributed by atoms with Gasteiger partial charge in [0.2, 0.25) is 0 Å². The second-order valence-corrected chi connectivity index (χ2v) is 4.40. The predicted molar refractivity (Wildman–Crippen MR) is 71.8 cm³/mol. The van der Waals surface area contributed by atoms with Gasteiger partial charge in [-0.15, -0.1) is 10.2 Å². The largest absolute Gasteiger partial charge is 0.282 e. The fraction of sp³-hybridized carbons (Fsp3) is 0. The molecule has 0 spiro atoms. The molecule has 0 aliphatic heterocycles. The van der Waals surface area contributed by atoms with Crippen molar-refractivity contribution >= 4 is 11.6 Å². The molecule has 5 heteroatoms. The van der Waals surface area contributed by atoms with Crippen LogP contribution in [0.2, 0.25) is 5.02 Å². The number of aromatic nitrogens is 3. The topological polar surface area (TPSA) is 30.7 Å². The van der Waals surface area contributed by atoms with Gasteiger partial charge in [0.25, 0.3) is 0 Å². The van der Waals surface area contributed by atoms with Gasteiger partial charge in [-0.05, 0) is 30.3 Å². The highest BCUT2D eigenvalue weighted by Gasteiger charge is 2.10. The normalized spacial score (nSPS) is 10.6. The summed E-state index contributed by atoms with van der Waals surface area (Å²) in [5.74, 6) is 0.101. The van der Waals surface area contributed by atoms with E-state index in [4.69, 9.17) is 11.6 Å². The van der Waals surface area contributed by atoms with Gasteiger partial charge in [-0.1, -0.05) is 29.8 Å². The van der Waals surface area contributed by atoms with Gasteiger partial charge in [0.15, 0.2) is 5.82 Å². The van der Waals surface area contributed by atoms with E-state index in [9.17, 15) is 4.39 Å². The first kappa shape index (κ1) is 11.9. The first-order chi connectivity index (χ1) is 9.25. The maximum Gasteiger partial charge on any atom is 0.168 e. The van der Waals surface area contributed by atoms with Crippen LogP contribution in [-0.2, 0) is 0 Å². The molecule has 0 radical (unpaired) electrons. The molecule has 0 amide bonds. The number of para-hydroxylation sites is 1. The average molecular weight is 274 g/mol. The highest BCUT2D eigenvalue weighted by Crippen LogP contribution is 2.24. The second-order valence-electron chi connectivity index (χ2n) is 3.99. The van der Waals surface area contributed by atoms with E-state index >= 15 is 0 Å². The molecule has 3 nitrogen and oxygen atoms in total. The monoisotopic (exact) mass is 273 g/mol. The van der Waals surface area contributed by atoms with Crippen LogP contribution in [0.1, 0.15) is 0 Å². The molecule has 1 heterocycles. The van der Waals surface area contributed by atoms with Gasteiger partial charge in [0.1, 0.15) is 12.1 Å². The molecule has 0 atom stereocenters. The Kier molecular flexibility index (Phi) is 3.01.